The first-order valence-electron chi connectivity index (χ1n) is 5.59. The largest absolute Gasteiger partial charge is 0.465 e. The third-order valence-corrected chi connectivity index (χ3v) is 3.06. The summed E-state index contributed by atoms with van der Waals surface area (Å²) in [6.45, 7) is 4.22. The van der Waals surface area contributed by atoms with Gasteiger partial charge < -0.3 is 10.5 Å². The van der Waals surface area contributed by atoms with E-state index in [0.29, 0.717) is 19.4 Å². The standard InChI is InChI=1S/C13H17NO2/c1-3-16-12(15)13(14)7-10-5-4-9(2)6-11(10)8-13/h4-6H,3,7-8,14H2,1-2H3. The summed E-state index contributed by atoms with van der Waals surface area (Å²) < 4.78 is 5.03. The summed E-state index contributed by atoms with van der Waals surface area (Å²) in [5.41, 5.74) is 8.80. The highest BCUT2D eigenvalue weighted by molar-refractivity contribution is 5.83. The van der Waals surface area contributed by atoms with Gasteiger partial charge in [0.2, 0.25) is 0 Å². The summed E-state index contributed by atoms with van der Waals surface area (Å²) in [4.78, 5) is 11.8. The molecule has 16 heavy (non-hydrogen) atoms. The molecule has 0 aliphatic heterocycles. The highest BCUT2D eigenvalue weighted by atomic mass is 16.5. The zero-order chi connectivity index (χ0) is 11.8. The molecular weight excluding hydrogens is 202 g/mol. The van der Waals surface area contributed by atoms with Crippen LogP contribution in [0.1, 0.15) is 23.6 Å². The first-order chi connectivity index (χ1) is 7.55. The summed E-state index contributed by atoms with van der Waals surface area (Å²) >= 11 is 0. The van der Waals surface area contributed by atoms with Gasteiger partial charge in [0, 0.05) is 12.8 Å². The minimum absolute atomic E-state index is 0.288. The maximum absolute atomic E-state index is 11.8. The molecule has 1 aliphatic carbocycles. The number of aryl methyl sites for hydroxylation is 1. The maximum Gasteiger partial charge on any atom is 0.326 e. The minimum Gasteiger partial charge on any atom is -0.465 e. The molecule has 1 unspecified atom stereocenters. The van der Waals surface area contributed by atoms with Crippen molar-refractivity contribution in [1.82, 2.24) is 0 Å². The normalized spacial score (nSPS) is 22.9. The van der Waals surface area contributed by atoms with E-state index in [0.717, 1.165) is 0 Å². The molecule has 86 valence electrons. The van der Waals surface area contributed by atoms with Gasteiger partial charge in [-0.25, -0.2) is 0 Å². The molecule has 3 heteroatoms. The Kier molecular flexibility index (Phi) is 2.72. The Balaban J connectivity index is 2.24. The van der Waals surface area contributed by atoms with Gasteiger partial charge in [0.1, 0.15) is 5.54 Å². The van der Waals surface area contributed by atoms with E-state index in [9.17, 15) is 4.79 Å². The predicted molar refractivity (Wildman–Crippen MR) is 62.1 cm³/mol. The van der Waals surface area contributed by atoms with Gasteiger partial charge in [-0.2, -0.15) is 0 Å². The van der Waals surface area contributed by atoms with Gasteiger partial charge in [-0.1, -0.05) is 23.8 Å². The van der Waals surface area contributed by atoms with Gasteiger partial charge in [-0.3, -0.25) is 4.79 Å². The lowest BCUT2D eigenvalue weighted by atomic mass is 9.97. The SMILES string of the molecule is CCOC(=O)C1(N)Cc2ccc(C)cc2C1. The number of fused-ring (bicyclic) bond motifs is 1. The second-order valence-electron chi connectivity index (χ2n) is 4.50. The van der Waals surface area contributed by atoms with Gasteiger partial charge in [0.25, 0.3) is 0 Å². The number of rotatable bonds is 2. The van der Waals surface area contributed by atoms with Crippen molar-refractivity contribution in [1.29, 1.82) is 0 Å². The van der Waals surface area contributed by atoms with E-state index >= 15 is 0 Å². The number of ether oxygens (including phenoxy) is 1. The molecule has 0 aromatic heterocycles. The number of esters is 1. The molecule has 0 saturated carbocycles. The topological polar surface area (TPSA) is 52.3 Å². The Hall–Kier alpha value is -1.35. The fourth-order valence-electron chi connectivity index (χ4n) is 2.25. The van der Waals surface area contributed by atoms with Crippen molar-refractivity contribution >= 4 is 5.97 Å². The third kappa shape index (κ3) is 1.83. The Morgan fingerprint density at radius 1 is 1.44 bits per heavy atom. The molecule has 0 amide bonds. The lowest BCUT2D eigenvalue weighted by Crippen LogP contribution is -2.50. The van der Waals surface area contributed by atoms with E-state index in [-0.39, 0.29) is 5.97 Å². The van der Waals surface area contributed by atoms with Crippen molar-refractivity contribution < 1.29 is 9.53 Å². The van der Waals surface area contributed by atoms with E-state index in [4.69, 9.17) is 10.5 Å². The van der Waals surface area contributed by atoms with Crippen LogP contribution in [0.5, 0.6) is 0 Å². The Morgan fingerprint density at radius 3 is 2.81 bits per heavy atom. The van der Waals surface area contributed by atoms with E-state index in [1.165, 1.54) is 16.7 Å². The zero-order valence-electron chi connectivity index (χ0n) is 9.75. The van der Waals surface area contributed by atoms with Crippen molar-refractivity contribution in [3.05, 3.63) is 34.9 Å². The second-order valence-corrected chi connectivity index (χ2v) is 4.50. The lowest BCUT2D eigenvalue weighted by Gasteiger charge is -2.20. The number of benzene rings is 1. The summed E-state index contributed by atoms with van der Waals surface area (Å²) in [6.07, 6.45) is 1.17. The zero-order valence-corrected chi connectivity index (χ0v) is 9.75. The smallest absolute Gasteiger partial charge is 0.326 e. The molecule has 3 nitrogen and oxygen atoms in total. The molecule has 0 heterocycles. The molecule has 1 aliphatic rings. The van der Waals surface area contributed by atoms with E-state index in [1.54, 1.807) is 6.92 Å². The molecule has 0 fully saturated rings. The molecule has 0 radical (unpaired) electrons. The van der Waals surface area contributed by atoms with Gasteiger partial charge in [0.15, 0.2) is 0 Å². The summed E-state index contributed by atoms with van der Waals surface area (Å²) in [5.74, 6) is -0.288. The number of nitrogens with two attached hydrogens (primary N) is 1. The molecule has 2 N–H and O–H groups in total. The fourth-order valence-corrected chi connectivity index (χ4v) is 2.25. The summed E-state index contributed by atoms with van der Waals surface area (Å²) in [7, 11) is 0. The lowest BCUT2D eigenvalue weighted by molar-refractivity contribution is -0.149. The van der Waals surface area contributed by atoms with Crippen molar-refractivity contribution in [3.8, 4) is 0 Å². The van der Waals surface area contributed by atoms with Crippen LogP contribution in [-0.4, -0.2) is 18.1 Å². The van der Waals surface area contributed by atoms with Crippen molar-refractivity contribution in [3.63, 3.8) is 0 Å². The molecule has 1 atom stereocenters. The average Bonchev–Trinajstić information content (AvgIpc) is 2.55. The predicted octanol–water partition coefficient (Wildman–Crippen LogP) is 1.35. The molecule has 0 spiro atoms. The third-order valence-electron chi connectivity index (χ3n) is 3.06. The second kappa shape index (κ2) is 3.91. The highest BCUT2D eigenvalue weighted by Crippen LogP contribution is 2.30. The number of hydrogen-bond donors (Lipinski definition) is 1. The van der Waals surface area contributed by atoms with Crippen LogP contribution in [0.4, 0.5) is 0 Å². The molecule has 0 saturated heterocycles. The fraction of sp³-hybridized carbons (Fsp3) is 0.462. The van der Waals surface area contributed by atoms with Crippen LogP contribution < -0.4 is 5.73 Å². The first-order valence-corrected chi connectivity index (χ1v) is 5.59. The first kappa shape index (κ1) is 11.1. The van der Waals surface area contributed by atoms with Gasteiger partial charge in [-0.15, -0.1) is 0 Å². The van der Waals surface area contributed by atoms with Gasteiger partial charge >= 0.3 is 5.97 Å². The van der Waals surface area contributed by atoms with Crippen molar-refractivity contribution in [2.45, 2.75) is 32.2 Å². The van der Waals surface area contributed by atoms with Crippen molar-refractivity contribution in [2.24, 2.45) is 5.73 Å². The number of carbonyl (C=O) groups excluding carboxylic acids is 1. The molecule has 0 bridgehead atoms. The van der Waals surface area contributed by atoms with Crippen LogP contribution in [0.3, 0.4) is 0 Å². The van der Waals surface area contributed by atoms with Crippen molar-refractivity contribution in [2.75, 3.05) is 6.61 Å². The van der Waals surface area contributed by atoms with Crippen LogP contribution in [0, 0.1) is 6.92 Å². The van der Waals surface area contributed by atoms with E-state index in [2.05, 4.69) is 18.2 Å². The molecular formula is C13H17NO2. The Bertz CT molecular complexity index is 428. The quantitative estimate of drug-likeness (QED) is 0.764. The maximum atomic E-state index is 11.8. The summed E-state index contributed by atoms with van der Waals surface area (Å²) in [5, 5.41) is 0. The molecule has 1 aromatic carbocycles. The van der Waals surface area contributed by atoms with Gasteiger partial charge in [0.05, 0.1) is 6.61 Å². The molecule has 1 aromatic rings. The van der Waals surface area contributed by atoms with E-state index in [1.807, 2.05) is 6.92 Å². The van der Waals surface area contributed by atoms with Crippen LogP contribution in [0.2, 0.25) is 0 Å². The van der Waals surface area contributed by atoms with Crippen LogP contribution in [0.15, 0.2) is 18.2 Å². The minimum atomic E-state index is -0.855. The van der Waals surface area contributed by atoms with Crippen LogP contribution in [0.25, 0.3) is 0 Å². The van der Waals surface area contributed by atoms with Crippen LogP contribution >= 0.6 is 0 Å². The summed E-state index contributed by atoms with van der Waals surface area (Å²) in [6, 6.07) is 6.21. The average molecular weight is 219 g/mol. The van der Waals surface area contributed by atoms with Crippen LogP contribution in [-0.2, 0) is 22.4 Å². The number of hydrogen-bond acceptors (Lipinski definition) is 3. The Labute approximate surface area is 95.6 Å². The Morgan fingerprint density at radius 2 is 2.12 bits per heavy atom. The van der Waals surface area contributed by atoms with Gasteiger partial charge in [-0.05, 0) is 25.0 Å². The van der Waals surface area contributed by atoms with E-state index < -0.39 is 5.54 Å². The highest BCUT2D eigenvalue weighted by Gasteiger charge is 2.41. The monoisotopic (exact) mass is 219 g/mol. The number of carbonyl (C=O) groups is 1. The molecule has 2 rings (SSSR count).